The number of hydrogen-bond donors (Lipinski definition) is 0. The Labute approximate surface area is 117 Å². The molecule has 0 heterocycles. The minimum atomic E-state index is 0.159. The molecule has 2 nitrogen and oxygen atoms in total. The van der Waals surface area contributed by atoms with E-state index < -0.39 is 0 Å². The van der Waals surface area contributed by atoms with Gasteiger partial charge in [-0.25, -0.2) is 0 Å². The van der Waals surface area contributed by atoms with E-state index in [0.717, 1.165) is 22.3 Å². The predicted molar refractivity (Wildman–Crippen MR) is 76.3 cm³/mol. The first-order chi connectivity index (χ1) is 9.75. The fourth-order valence-electron chi connectivity index (χ4n) is 3.71. The van der Waals surface area contributed by atoms with Crippen LogP contribution < -0.4 is 0 Å². The molecule has 0 unspecified atom stereocenters. The fourth-order valence-corrected chi connectivity index (χ4v) is 3.71. The van der Waals surface area contributed by atoms with Crippen LogP contribution in [0.4, 0.5) is 0 Å². The van der Waals surface area contributed by atoms with Crippen molar-refractivity contribution in [3.05, 3.63) is 70.8 Å². The first-order valence-electron chi connectivity index (χ1n) is 7.00. The van der Waals surface area contributed by atoms with Gasteiger partial charge in [0, 0.05) is 24.0 Å². The minimum absolute atomic E-state index is 0.159. The highest BCUT2D eigenvalue weighted by atomic mass is 16.1. The van der Waals surface area contributed by atoms with Crippen molar-refractivity contribution in [3.8, 4) is 0 Å². The average molecular weight is 262 g/mol. The Morgan fingerprint density at radius 3 is 1.50 bits per heavy atom. The number of Topliss-reactive ketones (excluding diaryl/α,β-unsaturated/α-hetero) is 2. The monoisotopic (exact) mass is 262 g/mol. The third-order valence-electron chi connectivity index (χ3n) is 4.62. The van der Waals surface area contributed by atoms with Gasteiger partial charge in [-0.05, 0) is 23.0 Å². The number of fused-ring (bicyclic) bond motifs is 2. The molecule has 0 radical (unpaired) electrons. The third-order valence-corrected chi connectivity index (χ3v) is 4.62. The summed E-state index contributed by atoms with van der Waals surface area (Å²) in [6.45, 7) is 0. The third kappa shape index (κ3) is 1.51. The molecule has 0 N–H and O–H groups in total. The molecule has 0 spiro atoms. The zero-order chi connectivity index (χ0) is 13.7. The van der Waals surface area contributed by atoms with Gasteiger partial charge in [0.1, 0.15) is 0 Å². The summed E-state index contributed by atoms with van der Waals surface area (Å²) in [6.07, 6.45) is 1.07. The van der Waals surface area contributed by atoms with Crippen molar-refractivity contribution in [2.45, 2.75) is 24.7 Å². The number of rotatable bonds is 1. The second-order valence-corrected chi connectivity index (χ2v) is 5.64. The van der Waals surface area contributed by atoms with Crippen LogP contribution in [0.5, 0.6) is 0 Å². The first-order valence-corrected chi connectivity index (χ1v) is 7.00. The summed E-state index contributed by atoms with van der Waals surface area (Å²) in [7, 11) is 0. The second-order valence-electron chi connectivity index (χ2n) is 5.64. The van der Waals surface area contributed by atoms with Crippen LogP contribution in [0.2, 0.25) is 0 Å². The molecule has 0 amide bonds. The smallest absolute Gasteiger partial charge is 0.163 e. The van der Waals surface area contributed by atoms with Gasteiger partial charge >= 0.3 is 0 Å². The van der Waals surface area contributed by atoms with E-state index in [0.29, 0.717) is 12.8 Å². The molecule has 0 saturated heterocycles. The predicted octanol–water partition coefficient (Wildman–Crippen LogP) is 3.73. The zero-order valence-electron chi connectivity index (χ0n) is 11.0. The van der Waals surface area contributed by atoms with E-state index in [1.807, 2.05) is 48.5 Å². The molecule has 2 heteroatoms. The van der Waals surface area contributed by atoms with E-state index in [-0.39, 0.29) is 23.4 Å². The molecule has 2 aliphatic carbocycles. The summed E-state index contributed by atoms with van der Waals surface area (Å²) >= 11 is 0. The van der Waals surface area contributed by atoms with E-state index in [1.165, 1.54) is 0 Å². The lowest BCUT2D eigenvalue weighted by molar-refractivity contribution is 0.0963. The Bertz CT molecular complexity index is 666. The lowest BCUT2D eigenvalue weighted by Gasteiger charge is -2.19. The molecule has 0 aromatic heterocycles. The van der Waals surface area contributed by atoms with Crippen molar-refractivity contribution in [1.29, 1.82) is 0 Å². The van der Waals surface area contributed by atoms with Crippen molar-refractivity contribution >= 4 is 11.6 Å². The maximum atomic E-state index is 12.1. The van der Waals surface area contributed by atoms with Crippen molar-refractivity contribution in [1.82, 2.24) is 0 Å². The first kappa shape index (κ1) is 11.6. The SMILES string of the molecule is O=C1C[C@H]([C@H]2CC(=O)c3ccccc32)c2ccccc21. The molecule has 0 aliphatic heterocycles. The maximum Gasteiger partial charge on any atom is 0.163 e. The van der Waals surface area contributed by atoms with Gasteiger partial charge in [-0.1, -0.05) is 48.5 Å². The number of benzene rings is 2. The number of hydrogen-bond acceptors (Lipinski definition) is 2. The van der Waals surface area contributed by atoms with E-state index in [1.54, 1.807) is 0 Å². The molecule has 2 aromatic carbocycles. The molecular weight excluding hydrogens is 248 g/mol. The number of carbonyl (C=O) groups is 2. The normalized spacial score (nSPS) is 23.8. The summed E-state index contributed by atoms with van der Waals surface area (Å²) in [6, 6.07) is 15.7. The minimum Gasteiger partial charge on any atom is -0.294 e. The van der Waals surface area contributed by atoms with E-state index >= 15 is 0 Å². The molecule has 2 atom stereocenters. The Morgan fingerprint density at radius 2 is 1.05 bits per heavy atom. The number of ketones is 2. The van der Waals surface area contributed by atoms with Gasteiger partial charge in [-0.3, -0.25) is 9.59 Å². The molecule has 98 valence electrons. The molecule has 2 aromatic rings. The second kappa shape index (κ2) is 4.14. The van der Waals surface area contributed by atoms with Gasteiger partial charge in [0.25, 0.3) is 0 Å². The topological polar surface area (TPSA) is 34.1 Å². The molecule has 2 aliphatic rings. The molecular formula is C18H14O2. The highest BCUT2D eigenvalue weighted by Crippen LogP contribution is 2.48. The molecule has 20 heavy (non-hydrogen) atoms. The Balaban J connectivity index is 1.82. The van der Waals surface area contributed by atoms with E-state index in [9.17, 15) is 9.59 Å². The van der Waals surface area contributed by atoms with Crippen molar-refractivity contribution in [2.24, 2.45) is 0 Å². The van der Waals surface area contributed by atoms with Gasteiger partial charge in [0.05, 0.1) is 0 Å². The van der Waals surface area contributed by atoms with Crippen LogP contribution in [0, 0.1) is 0 Å². The van der Waals surface area contributed by atoms with Gasteiger partial charge in [0.15, 0.2) is 11.6 Å². The van der Waals surface area contributed by atoms with Crippen LogP contribution in [0.3, 0.4) is 0 Å². The summed E-state index contributed by atoms with van der Waals surface area (Å²) in [4.78, 5) is 24.3. The van der Waals surface area contributed by atoms with Crippen LogP contribution in [-0.4, -0.2) is 11.6 Å². The van der Waals surface area contributed by atoms with Crippen LogP contribution in [0.25, 0.3) is 0 Å². The Morgan fingerprint density at radius 1 is 0.650 bits per heavy atom. The van der Waals surface area contributed by atoms with Gasteiger partial charge in [0.2, 0.25) is 0 Å². The van der Waals surface area contributed by atoms with Crippen molar-refractivity contribution in [3.63, 3.8) is 0 Å². The lowest BCUT2D eigenvalue weighted by Crippen LogP contribution is -2.06. The van der Waals surface area contributed by atoms with Crippen LogP contribution >= 0.6 is 0 Å². The van der Waals surface area contributed by atoms with Gasteiger partial charge < -0.3 is 0 Å². The van der Waals surface area contributed by atoms with Crippen molar-refractivity contribution < 1.29 is 9.59 Å². The molecule has 0 saturated carbocycles. The average Bonchev–Trinajstić information content (AvgIpc) is 2.99. The Hall–Kier alpha value is -2.22. The molecule has 4 rings (SSSR count). The summed E-state index contributed by atoms with van der Waals surface area (Å²) < 4.78 is 0. The highest BCUT2D eigenvalue weighted by Gasteiger charge is 2.40. The van der Waals surface area contributed by atoms with Crippen molar-refractivity contribution in [2.75, 3.05) is 0 Å². The maximum absolute atomic E-state index is 12.1. The van der Waals surface area contributed by atoms with Crippen LogP contribution in [0.15, 0.2) is 48.5 Å². The summed E-state index contributed by atoms with van der Waals surface area (Å²) in [5.41, 5.74) is 3.92. The standard InChI is InChI=1S/C18H14O2/c19-17-9-15(11-5-1-3-7-13(11)17)16-10-18(20)14-8-4-2-6-12(14)16/h1-8,15-16H,9-10H2/t15-,16-/m0/s1. The summed E-state index contributed by atoms with van der Waals surface area (Å²) in [5.74, 6) is 0.738. The lowest BCUT2D eigenvalue weighted by atomic mass is 9.83. The van der Waals surface area contributed by atoms with Gasteiger partial charge in [-0.2, -0.15) is 0 Å². The van der Waals surface area contributed by atoms with E-state index in [4.69, 9.17) is 0 Å². The fraction of sp³-hybridized carbons (Fsp3) is 0.222. The molecule has 0 bridgehead atoms. The zero-order valence-corrected chi connectivity index (χ0v) is 11.0. The summed E-state index contributed by atoms with van der Waals surface area (Å²) in [5, 5.41) is 0. The quantitative estimate of drug-likeness (QED) is 0.784. The Kier molecular flexibility index (Phi) is 2.40. The number of carbonyl (C=O) groups excluding carboxylic acids is 2. The molecule has 0 fully saturated rings. The highest BCUT2D eigenvalue weighted by molar-refractivity contribution is 6.04. The van der Waals surface area contributed by atoms with Gasteiger partial charge in [-0.15, -0.1) is 0 Å². The van der Waals surface area contributed by atoms with E-state index in [2.05, 4.69) is 0 Å². The largest absolute Gasteiger partial charge is 0.294 e. The van der Waals surface area contributed by atoms with Crippen LogP contribution in [-0.2, 0) is 0 Å². The van der Waals surface area contributed by atoms with Crippen LogP contribution in [0.1, 0.15) is 56.5 Å².